The van der Waals surface area contributed by atoms with Gasteiger partial charge in [0.25, 0.3) is 0 Å². The fourth-order valence-corrected chi connectivity index (χ4v) is 3.11. The smallest absolute Gasteiger partial charge is 0.142 e. The number of fused-ring (bicyclic) bond motifs is 2. The Kier molecular flexibility index (Phi) is 3.31. The maximum atomic E-state index is 5.86. The summed E-state index contributed by atoms with van der Waals surface area (Å²) in [4.78, 5) is 8.33. The first-order valence-electron chi connectivity index (χ1n) is 7.80. The number of aromatic nitrogens is 2. The molecule has 0 amide bonds. The maximum absolute atomic E-state index is 5.86. The molecular formula is C18H19N3O. The molecule has 4 heteroatoms. The van der Waals surface area contributed by atoms with Crippen LogP contribution in [0.3, 0.4) is 0 Å². The van der Waals surface area contributed by atoms with E-state index in [0.29, 0.717) is 6.61 Å². The van der Waals surface area contributed by atoms with E-state index in [0.717, 1.165) is 36.6 Å². The van der Waals surface area contributed by atoms with Gasteiger partial charge in [0.1, 0.15) is 11.6 Å². The van der Waals surface area contributed by atoms with Gasteiger partial charge in [-0.2, -0.15) is 0 Å². The van der Waals surface area contributed by atoms with Crippen molar-refractivity contribution in [3.63, 3.8) is 0 Å². The molecule has 0 atom stereocenters. The van der Waals surface area contributed by atoms with Crippen molar-refractivity contribution in [1.82, 2.24) is 15.3 Å². The van der Waals surface area contributed by atoms with E-state index in [1.807, 2.05) is 13.0 Å². The summed E-state index contributed by atoms with van der Waals surface area (Å²) in [6, 6.07) is 12.5. The molecule has 0 spiro atoms. The average Bonchev–Trinajstić information content (AvgIpc) is 2.98. The van der Waals surface area contributed by atoms with Crippen LogP contribution in [0.4, 0.5) is 0 Å². The van der Waals surface area contributed by atoms with Crippen molar-refractivity contribution >= 4 is 10.8 Å². The monoisotopic (exact) mass is 293 g/mol. The van der Waals surface area contributed by atoms with E-state index in [4.69, 9.17) is 9.72 Å². The van der Waals surface area contributed by atoms with Gasteiger partial charge in [-0.3, -0.25) is 0 Å². The number of hydrogen-bond donors (Lipinski definition) is 2. The molecule has 0 radical (unpaired) electrons. The molecule has 2 aromatic carbocycles. The predicted molar refractivity (Wildman–Crippen MR) is 88.1 cm³/mol. The highest BCUT2D eigenvalue weighted by Gasteiger charge is 2.19. The van der Waals surface area contributed by atoms with Gasteiger partial charge in [0.05, 0.1) is 23.6 Å². The molecule has 0 bridgehead atoms. The second kappa shape index (κ2) is 5.46. The normalized spacial score (nSPS) is 14.0. The van der Waals surface area contributed by atoms with E-state index in [-0.39, 0.29) is 0 Å². The first kappa shape index (κ1) is 13.3. The molecule has 4 nitrogen and oxygen atoms in total. The van der Waals surface area contributed by atoms with Crippen molar-refractivity contribution < 1.29 is 4.74 Å². The first-order valence-corrected chi connectivity index (χ1v) is 7.80. The zero-order valence-corrected chi connectivity index (χ0v) is 12.6. The van der Waals surface area contributed by atoms with Gasteiger partial charge in [-0.15, -0.1) is 0 Å². The molecule has 3 aromatic rings. The van der Waals surface area contributed by atoms with Crippen molar-refractivity contribution in [3.8, 4) is 17.1 Å². The highest BCUT2D eigenvalue weighted by Crippen LogP contribution is 2.36. The summed E-state index contributed by atoms with van der Waals surface area (Å²) in [6.07, 6.45) is 0.973. The third-order valence-electron chi connectivity index (χ3n) is 4.13. The fourth-order valence-electron chi connectivity index (χ4n) is 3.11. The topological polar surface area (TPSA) is 49.9 Å². The van der Waals surface area contributed by atoms with Gasteiger partial charge >= 0.3 is 0 Å². The third kappa shape index (κ3) is 2.16. The number of nitrogens with one attached hydrogen (secondary N) is 2. The summed E-state index contributed by atoms with van der Waals surface area (Å²) in [5, 5.41) is 5.76. The Labute approximate surface area is 129 Å². The van der Waals surface area contributed by atoms with Crippen LogP contribution < -0.4 is 10.1 Å². The molecule has 4 rings (SSSR count). The molecule has 22 heavy (non-hydrogen) atoms. The third-order valence-corrected chi connectivity index (χ3v) is 4.13. The van der Waals surface area contributed by atoms with Crippen molar-refractivity contribution in [2.45, 2.75) is 19.9 Å². The number of nitrogens with zero attached hydrogens (tertiary/aromatic N) is 1. The number of imidazole rings is 1. The van der Waals surface area contributed by atoms with Crippen LogP contribution in [0, 0.1) is 0 Å². The number of hydrogen-bond acceptors (Lipinski definition) is 3. The van der Waals surface area contributed by atoms with Gasteiger partial charge in [0.2, 0.25) is 0 Å². The Morgan fingerprint density at radius 2 is 2.09 bits per heavy atom. The lowest BCUT2D eigenvalue weighted by molar-refractivity contribution is 0.342. The van der Waals surface area contributed by atoms with E-state index in [2.05, 4.69) is 40.6 Å². The zero-order valence-electron chi connectivity index (χ0n) is 12.6. The van der Waals surface area contributed by atoms with Gasteiger partial charge in [0, 0.05) is 19.5 Å². The van der Waals surface area contributed by atoms with Crippen molar-refractivity contribution in [2.75, 3.05) is 13.2 Å². The standard InChI is InChI=1S/C18H19N3O/c1-2-22-16-8-7-12-5-3-4-6-13(12)17(16)18-20-14-9-10-19-11-15(14)21-18/h3-8,19H,2,9-11H2,1H3,(H,20,21). The van der Waals surface area contributed by atoms with E-state index >= 15 is 0 Å². The molecule has 0 saturated carbocycles. The molecule has 1 aromatic heterocycles. The molecule has 1 aliphatic heterocycles. The predicted octanol–water partition coefficient (Wildman–Crippen LogP) is 3.27. The number of H-pyrrole nitrogens is 1. The zero-order chi connectivity index (χ0) is 14.9. The summed E-state index contributed by atoms with van der Waals surface area (Å²) in [7, 11) is 0. The van der Waals surface area contributed by atoms with Crippen LogP contribution in [0.5, 0.6) is 5.75 Å². The first-order chi connectivity index (χ1) is 10.9. The Balaban J connectivity index is 1.95. The van der Waals surface area contributed by atoms with Crippen molar-refractivity contribution in [1.29, 1.82) is 0 Å². The second-order valence-corrected chi connectivity index (χ2v) is 5.53. The minimum absolute atomic E-state index is 0.646. The van der Waals surface area contributed by atoms with E-state index < -0.39 is 0 Å². The summed E-state index contributed by atoms with van der Waals surface area (Å²) >= 11 is 0. The van der Waals surface area contributed by atoms with Crippen LogP contribution in [0.2, 0.25) is 0 Å². The van der Waals surface area contributed by atoms with E-state index in [9.17, 15) is 0 Å². The van der Waals surface area contributed by atoms with E-state index in [1.54, 1.807) is 0 Å². The van der Waals surface area contributed by atoms with Crippen LogP contribution >= 0.6 is 0 Å². The average molecular weight is 293 g/mol. The Hall–Kier alpha value is -2.33. The molecule has 2 heterocycles. The molecule has 0 aliphatic carbocycles. The molecule has 0 fully saturated rings. The lowest BCUT2D eigenvalue weighted by Gasteiger charge is -2.11. The van der Waals surface area contributed by atoms with Crippen molar-refractivity contribution in [3.05, 3.63) is 47.8 Å². The van der Waals surface area contributed by atoms with Gasteiger partial charge < -0.3 is 15.0 Å². The van der Waals surface area contributed by atoms with Crippen LogP contribution in [0.1, 0.15) is 18.3 Å². The van der Waals surface area contributed by atoms with E-state index in [1.165, 1.54) is 22.2 Å². The quantitative estimate of drug-likeness (QED) is 0.779. The van der Waals surface area contributed by atoms with Crippen LogP contribution in [-0.2, 0) is 13.0 Å². The van der Waals surface area contributed by atoms with Gasteiger partial charge in [0.15, 0.2) is 0 Å². The minimum atomic E-state index is 0.646. The van der Waals surface area contributed by atoms with Crippen LogP contribution in [0.25, 0.3) is 22.2 Å². The Morgan fingerprint density at radius 1 is 1.18 bits per heavy atom. The molecular weight excluding hydrogens is 274 g/mol. The number of rotatable bonds is 3. The Bertz CT molecular complexity index is 799. The summed E-state index contributed by atoms with van der Waals surface area (Å²) in [5.41, 5.74) is 3.43. The fraction of sp³-hybridized carbons (Fsp3) is 0.278. The largest absolute Gasteiger partial charge is 0.493 e. The molecule has 112 valence electrons. The summed E-state index contributed by atoms with van der Waals surface area (Å²) < 4.78 is 5.86. The minimum Gasteiger partial charge on any atom is -0.493 e. The number of aromatic amines is 1. The van der Waals surface area contributed by atoms with Crippen molar-refractivity contribution in [2.24, 2.45) is 0 Å². The highest BCUT2D eigenvalue weighted by molar-refractivity contribution is 5.98. The van der Waals surface area contributed by atoms with Gasteiger partial charge in [-0.05, 0) is 23.8 Å². The number of ether oxygens (including phenoxy) is 1. The lowest BCUT2D eigenvalue weighted by atomic mass is 10.0. The summed E-state index contributed by atoms with van der Waals surface area (Å²) in [6.45, 7) is 4.51. The molecule has 0 unspecified atom stereocenters. The molecule has 0 saturated heterocycles. The molecule has 1 aliphatic rings. The SMILES string of the molecule is CCOc1ccc2ccccc2c1-c1nc2c([nH]1)CNCC2. The van der Waals surface area contributed by atoms with Gasteiger partial charge in [-0.25, -0.2) is 4.98 Å². The van der Waals surface area contributed by atoms with Crippen LogP contribution in [0.15, 0.2) is 36.4 Å². The highest BCUT2D eigenvalue weighted by atomic mass is 16.5. The summed E-state index contributed by atoms with van der Waals surface area (Å²) in [5.74, 6) is 1.80. The van der Waals surface area contributed by atoms with Crippen LogP contribution in [-0.4, -0.2) is 23.1 Å². The second-order valence-electron chi connectivity index (χ2n) is 5.53. The Morgan fingerprint density at radius 3 is 2.95 bits per heavy atom. The molecule has 2 N–H and O–H groups in total. The lowest BCUT2D eigenvalue weighted by Crippen LogP contribution is -2.23. The van der Waals surface area contributed by atoms with Gasteiger partial charge in [-0.1, -0.05) is 30.3 Å². The number of benzene rings is 2. The maximum Gasteiger partial charge on any atom is 0.142 e.